The first-order valence-electron chi connectivity index (χ1n) is 5.92. The van der Waals surface area contributed by atoms with Crippen LogP contribution in [-0.4, -0.2) is 39.1 Å². The van der Waals surface area contributed by atoms with Gasteiger partial charge in [0.25, 0.3) is 5.91 Å². The van der Waals surface area contributed by atoms with Crippen molar-refractivity contribution in [1.29, 1.82) is 0 Å². The summed E-state index contributed by atoms with van der Waals surface area (Å²) in [6.07, 6.45) is 3.58. The van der Waals surface area contributed by atoms with Crippen LogP contribution in [0.2, 0.25) is 0 Å². The molecule has 0 bridgehead atoms. The molecule has 2 N–H and O–H groups in total. The second kappa shape index (κ2) is 5.95. The number of carbonyl (C=O) groups excluding carboxylic acids is 1. The summed E-state index contributed by atoms with van der Waals surface area (Å²) in [6.45, 7) is -0.184. The van der Waals surface area contributed by atoms with Crippen molar-refractivity contribution < 1.29 is 14.7 Å². The largest absolute Gasteiger partial charge is 0.480 e. The lowest BCUT2D eigenvalue weighted by molar-refractivity contribution is -0.137. The van der Waals surface area contributed by atoms with Crippen LogP contribution in [0.3, 0.4) is 0 Å². The smallest absolute Gasteiger partial charge is 0.323 e. The van der Waals surface area contributed by atoms with E-state index in [1.165, 1.54) is 4.57 Å². The van der Waals surface area contributed by atoms with Gasteiger partial charge in [0.15, 0.2) is 0 Å². The summed E-state index contributed by atoms with van der Waals surface area (Å²) in [4.78, 5) is 22.7. The Morgan fingerprint density at radius 2 is 2.17 bits per heavy atom. The van der Waals surface area contributed by atoms with Crippen molar-refractivity contribution in [1.82, 2.24) is 9.88 Å². The number of nitrogens with zero attached hydrogens (tertiary/aromatic N) is 1. The van der Waals surface area contributed by atoms with Crippen molar-refractivity contribution in [3.05, 3.63) is 24.0 Å². The molecule has 1 aromatic rings. The van der Waals surface area contributed by atoms with Gasteiger partial charge in [0.05, 0.1) is 0 Å². The van der Waals surface area contributed by atoms with E-state index in [1.54, 1.807) is 18.3 Å². The van der Waals surface area contributed by atoms with Gasteiger partial charge in [-0.2, -0.15) is 11.8 Å². The van der Waals surface area contributed by atoms with E-state index in [1.807, 2.05) is 11.8 Å². The van der Waals surface area contributed by atoms with Gasteiger partial charge in [0.1, 0.15) is 12.2 Å². The standard InChI is InChI=1S/C12H16N2O3S/c15-11(16)8-14-5-1-2-10(14)12(17)13-9-3-6-18-7-4-9/h1-2,5,9H,3-4,6-8H2,(H,13,17)(H,15,16). The lowest BCUT2D eigenvalue weighted by Gasteiger charge is -2.22. The molecule has 1 fully saturated rings. The maximum Gasteiger partial charge on any atom is 0.323 e. The van der Waals surface area contributed by atoms with E-state index in [0.717, 1.165) is 24.3 Å². The quantitative estimate of drug-likeness (QED) is 0.860. The molecule has 0 radical (unpaired) electrons. The van der Waals surface area contributed by atoms with E-state index in [-0.39, 0.29) is 18.5 Å². The molecule has 5 nitrogen and oxygen atoms in total. The molecule has 18 heavy (non-hydrogen) atoms. The number of thioether (sulfide) groups is 1. The van der Waals surface area contributed by atoms with Gasteiger partial charge in [0.2, 0.25) is 0 Å². The van der Waals surface area contributed by atoms with Crippen LogP contribution in [-0.2, 0) is 11.3 Å². The van der Waals surface area contributed by atoms with Gasteiger partial charge in [-0.25, -0.2) is 0 Å². The monoisotopic (exact) mass is 268 g/mol. The molecule has 98 valence electrons. The number of hydrogen-bond acceptors (Lipinski definition) is 3. The Bertz CT molecular complexity index is 438. The maximum atomic E-state index is 12.0. The predicted octanol–water partition coefficient (Wildman–Crippen LogP) is 1.20. The Balaban J connectivity index is 1.99. The molecule has 1 aliphatic rings. The lowest BCUT2D eigenvalue weighted by atomic mass is 10.1. The van der Waals surface area contributed by atoms with Crippen LogP contribution in [0.25, 0.3) is 0 Å². The molecule has 6 heteroatoms. The third-order valence-electron chi connectivity index (χ3n) is 2.92. The van der Waals surface area contributed by atoms with Crippen molar-refractivity contribution in [3.8, 4) is 0 Å². The third kappa shape index (κ3) is 3.29. The Morgan fingerprint density at radius 3 is 2.83 bits per heavy atom. The highest BCUT2D eigenvalue weighted by Gasteiger charge is 2.19. The van der Waals surface area contributed by atoms with Crippen molar-refractivity contribution in [2.45, 2.75) is 25.4 Å². The zero-order valence-electron chi connectivity index (χ0n) is 9.96. The Hall–Kier alpha value is -1.43. The lowest BCUT2D eigenvalue weighted by Crippen LogP contribution is -2.38. The Labute approximate surface area is 110 Å². The molecule has 0 unspecified atom stereocenters. The molecule has 1 aromatic heterocycles. The van der Waals surface area contributed by atoms with Gasteiger partial charge in [0, 0.05) is 12.2 Å². The average Bonchev–Trinajstić information content (AvgIpc) is 2.77. The number of carboxylic acids is 1. The van der Waals surface area contributed by atoms with Gasteiger partial charge in [-0.05, 0) is 36.5 Å². The maximum absolute atomic E-state index is 12.0. The minimum atomic E-state index is -0.950. The fourth-order valence-electron chi connectivity index (χ4n) is 2.01. The van der Waals surface area contributed by atoms with Gasteiger partial charge < -0.3 is 15.0 Å². The molecule has 0 aromatic carbocycles. The highest BCUT2D eigenvalue weighted by molar-refractivity contribution is 7.99. The SMILES string of the molecule is O=C(O)Cn1cccc1C(=O)NC1CCSCC1. The third-order valence-corrected chi connectivity index (χ3v) is 3.97. The van der Waals surface area contributed by atoms with Crippen LogP contribution in [0.15, 0.2) is 18.3 Å². The first-order valence-corrected chi connectivity index (χ1v) is 7.08. The van der Waals surface area contributed by atoms with E-state index in [0.29, 0.717) is 5.69 Å². The number of aliphatic carboxylic acids is 1. The van der Waals surface area contributed by atoms with Gasteiger partial charge >= 0.3 is 5.97 Å². The fraction of sp³-hybridized carbons (Fsp3) is 0.500. The summed E-state index contributed by atoms with van der Waals surface area (Å²) in [5, 5.41) is 11.7. The zero-order valence-corrected chi connectivity index (χ0v) is 10.8. The van der Waals surface area contributed by atoms with Crippen LogP contribution < -0.4 is 5.32 Å². The number of aromatic nitrogens is 1. The number of carboxylic acid groups (broad SMARTS) is 1. The summed E-state index contributed by atoms with van der Waals surface area (Å²) >= 11 is 1.90. The second-order valence-corrected chi connectivity index (χ2v) is 5.50. The molecule has 0 aliphatic carbocycles. The summed E-state index contributed by atoms with van der Waals surface area (Å²) in [7, 11) is 0. The van der Waals surface area contributed by atoms with Crippen molar-refractivity contribution >= 4 is 23.6 Å². The molecular weight excluding hydrogens is 252 g/mol. The summed E-state index contributed by atoms with van der Waals surface area (Å²) < 4.78 is 1.45. The minimum Gasteiger partial charge on any atom is -0.480 e. The highest BCUT2D eigenvalue weighted by atomic mass is 32.2. The summed E-state index contributed by atoms with van der Waals surface area (Å²) in [5.74, 6) is 1.01. The number of hydrogen-bond donors (Lipinski definition) is 2. The van der Waals surface area contributed by atoms with Crippen LogP contribution in [0.5, 0.6) is 0 Å². The summed E-state index contributed by atoms with van der Waals surface area (Å²) in [6, 6.07) is 3.55. The molecule has 0 spiro atoms. The van der Waals surface area contributed by atoms with E-state index in [4.69, 9.17) is 5.11 Å². The summed E-state index contributed by atoms with van der Waals surface area (Å²) in [5.41, 5.74) is 0.413. The van der Waals surface area contributed by atoms with Crippen LogP contribution in [0.4, 0.5) is 0 Å². The molecule has 2 rings (SSSR count). The molecule has 1 saturated heterocycles. The van der Waals surface area contributed by atoms with E-state index < -0.39 is 5.97 Å². The average molecular weight is 268 g/mol. The van der Waals surface area contributed by atoms with Gasteiger partial charge in [-0.3, -0.25) is 9.59 Å². The fourth-order valence-corrected chi connectivity index (χ4v) is 3.11. The van der Waals surface area contributed by atoms with Crippen LogP contribution in [0, 0.1) is 0 Å². The number of carbonyl (C=O) groups is 2. The van der Waals surface area contributed by atoms with Crippen molar-refractivity contribution in [2.24, 2.45) is 0 Å². The van der Waals surface area contributed by atoms with E-state index in [2.05, 4.69) is 5.32 Å². The van der Waals surface area contributed by atoms with E-state index in [9.17, 15) is 9.59 Å². The van der Waals surface area contributed by atoms with E-state index >= 15 is 0 Å². The normalized spacial score (nSPS) is 16.4. The van der Waals surface area contributed by atoms with Crippen molar-refractivity contribution in [2.75, 3.05) is 11.5 Å². The highest BCUT2D eigenvalue weighted by Crippen LogP contribution is 2.17. The number of amides is 1. The topological polar surface area (TPSA) is 71.3 Å². The van der Waals surface area contributed by atoms with Crippen molar-refractivity contribution in [3.63, 3.8) is 0 Å². The zero-order chi connectivity index (χ0) is 13.0. The van der Waals surface area contributed by atoms with Gasteiger partial charge in [-0.15, -0.1) is 0 Å². The molecular formula is C12H16N2O3S. The first kappa shape index (κ1) is 13.0. The predicted molar refractivity (Wildman–Crippen MR) is 69.9 cm³/mol. The number of nitrogens with one attached hydrogen (secondary N) is 1. The molecule has 0 atom stereocenters. The molecule has 1 aliphatic heterocycles. The molecule has 2 heterocycles. The second-order valence-electron chi connectivity index (χ2n) is 4.28. The minimum absolute atomic E-state index is 0.182. The van der Waals surface area contributed by atoms with Gasteiger partial charge in [-0.1, -0.05) is 0 Å². The Kier molecular flexibility index (Phi) is 4.30. The molecule has 1 amide bonds. The molecule has 0 saturated carbocycles. The first-order chi connectivity index (χ1) is 8.66. The van der Waals surface area contributed by atoms with Crippen LogP contribution >= 0.6 is 11.8 Å². The Morgan fingerprint density at radius 1 is 1.44 bits per heavy atom. The number of rotatable bonds is 4. The van der Waals surface area contributed by atoms with Crippen LogP contribution in [0.1, 0.15) is 23.3 Å².